The predicted octanol–water partition coefficient (Wildman–Crippen LogP) is 4.77. The molecular formula is C14H24OSi. The van der Waals surface area contributed by atoms with E-state index in [0.717, 1.165) is 5.75 Å². The van der Waals surface area contributed by atoms with Gasteiger partial charge in [0.05, 0.1) is 0 Å². The smallest absolute Gasteiger partial charge is 0.248 e. The molecule has 0 spiro atoms. The Hall–Kier alpha value is -0.763. The molecule has 0 fully saturated rings. The van der Waals surface area contributed by atoms with Crippen LogP contribution in [-0.4, -0.2) is 8.32 Å². The van der Waals surface area contributed by atoms with E-state index in [4.69, 9.17) is 4.43 Å². The van der Waals surface area contributed by atoms with Gasteiger partial charge in [0.15, 0.2) is 0 Å². The van der Waals surface area contributed by atoms with E-state index in [2.05, 4.69) is 51.6 Å². The molecule has 0 unspecified atom stereocenters. The maximum Gasteiger partial charge on any atom is 0.248 e. The summed E-state index contributed by atoms with van der Waals surface area (Å²) in [6.45, 7) is 8.98. The van der Waals surface area contributed by atoms with Gasteiger partial charge in [-0.1, -0.05) is 38.8 Å². The molecule has 0 radical (unpaired) electrons. The molecule has 90 valence electrons. The molecule has 0 aliphatic rings. The highest BCUT2D eigenvalue weighted by atomic mass is 28.4. The Morgan fingerprint density at radius 3 is 2.25 bits per heavy atom. The molecular weight excluding hydrogens is 212 g/mol. The normalized spacial score (nSPS) is 11.5. The summed E-state index contributed by atoms with van der Waals surface area (Å²) in [6, 6.07) is 11.0. The lowest BCUT2D eigenvalue weighted by atomic mass is 10.2. The summed E-state index contributed by atoms with van der Waals surface area (Å²) >= 11 is 0. The highest BCUT2D eigenvalue weighted by molar-refractivity contribution is 6.73. The van der Waals surface area contributed by atoms with Gasteiger partial charge in [-0.05, 0) is 43.3 Å². The van der Waals surface area contributed by atoms with Crippen LogP contribution in [0.5, 0.6) is 5.75 Å². The fourth-order valence-electron chi connectivity index (χ4n) is 2.25. The Balaban J connectivity index is 2.74. The summed E-state index contributed by atoms with van der Waals surface area (Å²) in [5.74, 6) is 1.07. The van der Waals surface area contributed by atoms with Gasteiger partial charge in [0, 0.05) is 0 Å². The molecule has 0 saturated heterocycles. The van der Waals surface area contributed by atoms with Crippen molar-refractivity contribution < 1.29 is 4.43 Å². The van der Waals surface area contributed by atoms with Crippen LogP contribution in [0.1, 0.15) is 32.3 Å². The minimum atomic E-state index is -1.51. The van der Waals surface area contributed by atoms with Crippen molar-refractivity contribution in [2.24, 2.45) is 0 Å². The number of aryl methyl sites for hydroxylation is 1. The second-order valence-corrected chi connectivity index (χ2v) is 8.97. The molecule has 0 aliphatic heterocycles. The van der Waals surface area contributed by atoms with Crippen molar-refractivity contribution in [3.63, 3.8) is 0 Å². The third-order valence-electron chi connectivity index (χ3n) is 2.91. The van der Waals surface area contributed by atoms with Crippen LogP contribution in [0.15, 0.2) is 24.3 Å². The van der Waals surface area contributed by atoms with Gasteiger partial charge < -0.3 is 4.43 Å². The van der Waals surface area contributed by atoms with Crippen molar-refractivity contribution in [1.29, 1.82) is 0 Å². The van der Waals surface area contributed by atoms with E-state index in [1.54, 1.807) is 0 Å². The molecule has 16 heavy (non-hydrogen) atoms. The van der Waals surface area contributed by atoms with E-state index in [1.807, 2.05) is 0 Å². The van der Waals surface area contributed by atoms with Crippen LogP contribution in [0.4, 0.5) is 0 Å². The molecule has 0 aromatic heterocycles. The molecule has 1 nitrogen and oxygen atoms in total. The minimum absolute atomic E-state index is 1.07. The van der Waals surface area contributed by atoms with Gasteiger partial charge in [0.1, 0.15) is 5.75 Å². The second kappa shape index (κ2) is 6.09. The first-order valence-electron chi connectivity index (χ1n) is 6.35. The van der Waals surface area contributed by atoms with Gasteiger partial charge in [0.2, 0.25) is 8.32 Å². The molecule has 0 amide bonds. The van der Waals surface area contributed by atoms with Gasteiger partial charge in [-0.3, -0.25) is 0 Å². The molecule has 0 N–H and O–H groups in total. The van der Waals surface area contributed by atoms with E-state index in [-0.39, 0.29) is 0 Å². The number of benzene rings is 1. The summed E-state index contributed by atoms with van der Waals surface area (Å²) in [4.78, 5) is 0. The zero-order valence-electron chi connectivity index (χ0n) is 11.0. The van der Waals surface area contributed by atoms with Crippen molar-refractivity contribution in [2.45, 2.75) is 52.2 Å². The average molecular weight is 236 g/mol. The highest BCUT2D eigenvalue weighted by Crippen LogP contribution is 2.25. The molecule has 1 rings (SSSR count). The number of hydrogen-bond acceptors (Lipinski definition) is 1. The number of hydrogen-bond donors (Lipinski definition) is 0. The van der Waals surface area contributed by atoms with Crippen LogP contribution in [0.25, 0.3) is 0 Å². The molecule has 0 saturated carbocycles. The summed E-state index contributed by atoms with van der Waals surface area (Å²) < 4.78 is 6.30. The monoisotopic (exact) mass is 236 g/mol. The van der Waals surface area contributed by atoms with Crippen LogP contribution in [0.2, 0.25) is 18.6 Å². The van der Waals surface area contributed by atoms with E-state index in [1.165, 1.54) is 30.5 Å². The van der Waals surface area contributed by atoms with E-state index in [9.17, 15) is 0 Å². The third kappa shape index (κ3) is 4.01. The Morgan fingerprint density at radius 2 is 1.75 bits per heavy atom. The van der Waals surface area contributed by atoms with Crippen molar-refractivity contribution in [2.75, 3.05) is 0 Å². The SMILES string of the molecule is CCC[Si](C)(CCC)Oc1cccc(C)c1. The molecule has 2 heteroatoms. The van der Waals surface area contributed by atoms with Gasteiger partial charge in [-0.25, -0.2) is 0 Å². The summed E-state index contributed by atoms with van der Waals surface area (Å²) in [6.07, 6.45) is 2.46. The Bertz CT molecular complexity index is 316. The minimum Gasteiger partial charge on any atom is -0.544 e. The molecule has 0 heterocycles. The zero-order chi connectivity index (χ0) is 12.0. The molecule has 0 bridgehead atoms. The lowest BCUT2D eigenvalue weighted by Gasteiger charge is -2.28. The fraction of sp³-hybridized carbons (Fsp3) is 0.571. The van der Waals surface area contributed by atoms with Gasteiger partial charge in [-0.15, -0.1) is 0 Å². The van der Waals surface area contributed by atoms with Crippen LogP contribution < -0.4 is 4.43 Å². The topological polar surface area (TPSA) is 9.23 Å². The Morgan fingerprint density at radius 1 is 1.12 bits per heavy atom. The first kappa shape index (κ1) is 13.3. The molecule has 0 atom stereocenters. The quantitative estimate of drug-likeness (QED) is 0.647. The van der Waals surface area contributed by atoms with Crippen LogP contribution in [0, 0.1) is 6.92 Å². The maximum atomic E-state index is 6.30. The average Bonchev–Trinajstić information content (AvgIpc) is 2.17. The van der Waals surface area contributed by atoms with E-state index >= 15 is 0 Å². The van der Waals surface area contributed by atoms with E-state index in [0.29, 0.717) is 0 Å². The Labute approximate surface area is 101 Å². The van der Waals surface area contributed by atoms with Gasteiger partial charge in [0.25, 0.3) is 0 Å². The lowest BCUT2D eigenvalue weighted by Crippen LogP contribution is -2.37. The highest BCUT2D eigenvalue weighted by Gasteiger charge is 2.28. The molecule has 1 aromatic rings. The first-order chi connectivity index (χ1) is 7.59. The summed E-state index contributed by atoms with van der Waals surface area (Å²) in [7, 11) is -1.51. The van der Waals surface area contributed by atoms with Crippen molar-refractivity contribution in [3.8, 4) is 5.75 Å². The fourth-order valence-corrected chi connectivity index (χ4v) is 5.51. The van der Waals surface area contributed by atoms with Crippen molar-refractivity contribution in [1.82, 2.24) is 0 Å². The van der Waals surface area contributed by atoms with Crippen LogP contribution in [-0.2, 0) is 0 Å². The zero-order valence-corrected chi connectivity index (χ0v) is 12.0. The van der Waals surface area contributed by atoms with Gasteiger partial charge in [-0.2, -0.15) is 0 Å². The maximum absolute atomic E-state index is 6.30. The van der Waals surface area contributed by atoms with Gasteiger partial charge >= 0.3 is 0 Å². The predicted molar refractivity (Wildman–Crippen MR) is 73.6 cm³/mol. The Kier molecular flexibility index (Phi) is 5.06. The van der Waals surface area contributed by atoms with Crippen molar-refractivity contribution >= 4 is 8.32 Å². The largest absolute Gasteiger partial charge is 0.544 e. The van der Waals surface area contributed by atoms with E-state index < -0.39 is 8.32 Å². The van der Waals surface area contributed by atoms with Crippen molar-refractivity contribution in [3.05, 3.63) is 29.8 Å². The molecule has 1 aromatic carbocycles. The third-order valence-corrected chi connectivity index (χ3v) is 6.76. The lowest BCUT2D eigenvalue weighted by molar-refractivity contribution is 0.532. The van der Waals surface area contributed by atoms with Crippen LogP contribution >= 0.6 is 0 Å². The standard InChI is InChI=1S/C14H24OSi/c1-5-10-16(4,11-6-2)15-14-9-7-8-13(3)12-14/h7-9,12H,5-6,10-11H2,1-4H3. The molecule has 0 aliphatic carbocycles. The van der Waals surface area contributed by atoms with Crippen LogP contribution in [0.3, 0.4) is 0 Å². The second-order valence-electron chi connectivity index (χ2n) is 4.87. The number of rotatable bonds is 6. The summed E-state index contributed by atoms with van der Waals surface area (Å²) in [5, 5.41) is 0. The summed E-state index contributed by atoms with van der Waals surface area (Å²) in [5.41, 5.74) is 1.28. The first-order valence-corrected chi connectivity index (χ1v) is 9.17.